The third-order valence-electron chi connectivity index (χ3n) is 4.76. The van der Waals surface area contributed by atoms with Gasteiger partial charge in [-0.05, 0) is 19.4 Å². The quantitative estimate of drug-likeness (QED) is 0.556. The first-order chi connectivity index (χ1) is 12.5. The molecule has 1 aromatic heterocycles. The second-order valence-electron chi connectivity index (χ2n) is 6.78. The Hall–Kier alpha value is -2.29. The normalized spacial score (nSPS) is 23.7. The maximum atomic E-state index is 12.3. The predicted octanol–water partition coefficient (Wildman–Crippen LogP) is 0.147. The zero-order valence-electron chi connectivity index (χ0n) is 15.1. The number of nitrogens with zero attached hydrogens (tertiary/aromatic N) is 2. The van der Waals surface area contributed by atoms with E-state index >= 15 is 0 Å². The Morgan fingerprint density at radius 2 is 1.96 bits per heavy atom. The van der Waals surface area contributed by atoms with Crippen LogP contribution in [0.2, 0.25) is 0 Å². The zero-order chi connectivity index (χ0) is 18.5. The Bertz CT molecular complexity index is 709. The van der Waals surface area contributed by atoms with Gasteiger partial charge in [-0.3, -0.25) is 15.6 Å². The van der Waals surface area contributed by atoms with Gasteiger partial charge in [0.05, 0.1) is 6.04 Å². The number of carbonyl (C=O) groups is 1. The lowest BCUT2D eigenvalue weighted by molar-refractivity contribution is -0.123. The number of amides is 1. The first kappa shape index (κ1) is 18.5. The molecule has 1 fully saturated rings. The molecule has 26 heavy (non-hydrogen) atoms. The summed E-state index contributed by atoms with van der Waals surface area (Å²) < 4.78 is 5.25. The largest absolute Gasteiger partial charge is 0.354 e. The Balaban J connectivity index is 1.45. The highest BCUT2D eigenvalue weighted by atomic mass is 16.5. The number of nitrogens with two attached hydrogens (primary N) is 1. The molecular weight excluding hydrogens is 332 g/mol. The van der Waals surface area contributed by atoms with Crippen molar-refractivity contribution < 1.29 is 9.32 Å². The van der Waals surface area contributed by atoms with Gasteiger partial charge in [0, 0.05) is 37.4 Å². The summed E-state index contributed by atoms with van der Waals surface area (Å²) in [4.78, 5) is 16.7. The molecule has 0 saturated carbocycles. The summed E-state index contributed by atoms with van der Waals surface area (Å²) >= 11 is 0. The van der Waals surface area contributed by atoms with Gasteiger partial charge in [0.1, 0.15) is 0 Å². The summed E-state index contributed by atoms with van der Waals surface area (Å²) in [7, 11) is 0. The molecule has 1 saturated heterocycles. The van der Waals surface area contributed by atoms with Crippen molar-refractivity contribution in [1.82, 2.24) is 26.3 Å². The van der Waals surface area contributed by atoms with E-state index in [9.17, 15) is 4.79 Å². The summed E-state index contributed by atoms with van der Waals surface area (Å²) in [6.45, 7) is 4.44. The Labute approximate surface area is 152 Å². The Morgan fingerprint density at radius 3 is 2.65 bits per heavy atom. The fourth-order valence-corrected chi connectivity index (χ4v) is 3.34. The van der Waals surface area contributed by atoms with Gasteiger partial charge in [-0.15, -0.1) is 0 Å². The number of rotatable bonds is 7. The molecule has 8 heteroatoms. The highest BCUT2D eigenvalue weighted by Gasteiger charge is 2.37. The number of hydrogen-bond donors (Lipinski definition) is 4. The minimum atomic E-state index is -0.571. The monoisotopic (exact) mass is 358 g/mol. The summed E-state index contributed by atoms with van der Waals surface area (Å²) in [5.41, 5.74) is 13.5. The smallest absolute Gasteiger partial charge is 0.237 e. The second kappa shape index (κ2) is 8.39. The van der Waals surface area contributed by atoms with Crippen molar-refractivity contribution >= 4 is 5.91 Å². The molecular formula is C18H26N6O2. The van der Waals surface area contributed by atoms with Crippen LogP contribution in [0.1, 0.15) is 31.1 Å². The standard InChI is InChI=1S/C18H26N6O2/c1-11-16(12(2)23-22-11)17(19)18(25)20-9-8-15-21-14(24-26-15)10-13-6-4-3-5-7-13/h3-7,11-12,16-17,22-23H,8-10,19H2,1-2H3,(H,20,25). The number of nitrogens with one attached hydrogen (secondary N) is 3. The van der Waals surface area contributed by atoms with Crippen molar-refractivity contribution in [3.8, 4) is 0 Å². The molecule has 2 heterocycles. The molecule has 2 aromatic rings. The molecule has 1 amide bonds. The molecule has 0 radical (unpaired) electrons. The lowest BCUT2D eigenvalue weighted by atomic mass is 9.88. The van der Waals surface area contributed by atoms with Crippen LogP contribution in [-0.2, 0) is 17.6 Å². The summed E-state index contributed by atoms with van der Waals surface area (Å²) in [6.07, 6.45) is 1.10. The average Bonchev–Trinajstić information content (AvgIpc) is 3.21. The van der Waals surface area contributed by atoms with E-state index in [0.29, 0.717) is 31.1 Å². The fraction of sp³-hybridized carbons (Fsp3) is 0.500. The van der Waals surface area contributed by atoms with E-state index in [0.717, 1.165) is 5.56 Å². The molecule has 3 atom stereocenters. The van der Waals surface area contributed by atoms with E-state index in [4.69, 9.17) is 10.3 Å². The zero-order valence-corrected chi connectivity index (χ0v) is 15.1. The molecule has 140 valence electrons. The van der Waals surface area contributed by atoms with Crippen molar-refractivity contribution in [2.75, 3.05) is 6.54 Å². The van der Waals surface area contributed by atoms with E-state index in [1.165, 1.54) is 0 Å². The fourth-order valence-electron chi connectivity index (χ4n) is 3.34. The van der Waals surface area contributed by atoms with Gasteiger partial charge >= 0.3 is 0 Å². The van der Waals surface area contributed by atoms with Crippen LogP contribution < -0.4 is 21.9 Å². The maximum Gasteiger partial charge on any atom is 0.237 e. The van der Waals surface area contributed by atoms with Gasteiger partial charge in [0.2, 0.25) is 11.8 Å². The highest BCUT2D eigenvalue weighted by Crippen LogP contribution is 2.17. The number of carbonyl (C=O) groups excluding carboxylic acids is 1. The average molecular weight is 358 g/mol. The van der Waals surface area contributed by atoms with Crippen molar-refractivity contribution in [2.24, 2.45) is 11.7 Å². The van der Waals surface area contributed by atoms with Gasteiger partial charge in [0.25, 0.3) is 0 Å². The molecule has 0 aliphatic carbocycles. The van der Waals surface area contributed by atoms with E-state index in [1.807, 2.05) is 44.2 Å². The van der Waals surface area contributed by atoms with Gasteiger partial charge in [0.15, 0.2) is 5.82 Å². The van der Waals surface area contributed by atoms with E-state index in [-0.39, 0.29) is 23.9 Å². The third kappa shape index (κ3) is 4.46. The Kier molecular flexibility index (Phi) is 5.97. The van der Waals surface area contributed by atoms with Crippen LogP contribution in [0.15, 0.2) is 34.9 Å². The number of hydrazine groups is 1. The summed E-state index contributed by atoms with van der Waals surface area (Å²) in [5.74, 6) is 1.02. The van der Waals surface area contributed by atoms with Crippen LogP contribution in [0, 0.1) is 5.92 Å². The van der Waals surface area contributed by atoms with Crippen molar-refractivity contribution in [1.29, 1.82) is 0 Å². The first-order valence-electron chi connectivity index (χ1n) is 8.94. The van der Waals surface area contributed by atoms with Crippen LogP contribution in [0.5, 0.6) is 0 Å². The minimum absolute atomic E-state index is 0.0379. The topological polar surface area (TPSA) is 118 Å². The summed E-state index contributed by atoms with van der Waals surface area (Å²) in [6, 6.07) is 9.68. The second-order valence-corrected chi connectivity index (χ2v) is 6.78. The van der Waals surface area contributed by atoms with Crippen LogP contribution in [0.3, 0.4) is 0 Å². The Morgan fingerprint density at radius 1 is 1.27 bits per heavy atom. The molecule has 0 spiro atoms. The summed E-state index contributed by atoms with van der Waals surface area (Å²) in [5, 5.41) is 6.85. The number of benzene rings is 1. The van der Waals surface area contributed by atoms with E-state index in [1.54, 1.807) is 0 Å². The van der Waals surface area contributed by atoms with Crippen molar-refractivity contribution in [3.63, 3.8) is 0 Å². The number of aromatic nitrogens is 2. The van der Waals surface area contributed by atoms with Crippen molar-refractivity contribution in [3.05, 3.63) is 47.6 Å². The van der Waals surface area contributed by atoms with E-state index < -0.39 is 6.04 Å². The number of hydrogen-bond acceptors (Lipinski definition) is 7. The molecule has 1 aromatic carbocycles. The van der Waals surface area contributed by atoms with Gasteiger partial charge < -0.3 is 15.6 Å². The van der Waals surface area contributed by atoms with Crippen LogP contribution >= 0.6 is 0 Å². The molecule has 3 rings (SSSR count). The van der Waals surface area contributed by atoms with Gasteiger partial charge in [-0.2, -0.15) is 4.98 Å². The van der Waals surface area contributed by atoms with Gasteiger partial charge in [-0.1, -0.05) is 35.5 Å². The molecule has 1 aliphatic heterocycles. The SMILES string of the molecule is CC1NNC(C)C1C(N)C(=O)NCCc1nc(Cc2ccccc2)no1. The molecule has 0 bridgehead atoms. The highest BCUT2D eigenvalue weighted by molar-refractivity contribution is 5.82. The predicted molar refractivity (Wildman–Crippen MR) is 96.9 cm³/mol. The van der Waals surface area contributed by atoms with Crippen LogP contribution in [-0.4, -0.2) is 40.7 Å². The van der Waals surface area contributed by atoms with E-state index in [2.05, 4.69) is 26.3 Å². The van der Waals surface area contributed by atoms with Crippen LogP contribution in [0.25, 0.3) is 0 Å². The van der Waals surface area contributed by atoms with Crippen molar-refractivity contribution in [2.45, 2.75) is 44.8 Å². The molecule has 3 unspecified atom stereocenters. The first-order valence-corrected chi connectivity index (χ1v) is 8.94. The molecule has 1 aliphatic rings. The lowest BCUT2D eigenvalue weighted by Crippen LogP contribution is -2.51. The molecule has 8 nitrogen and oxygen atoms in total. The lowest BCUT2D eigenvalue weighted by Gasteiger charge is -2.24. The molecule has 5 N–H and O–H groups in total. The maximum absolute atomic E-state index is 12.3. The third-order valence-corrected chi connectivity index (χ3v) is 4.76. The van der Waals surface area contributed by atoms with Gasteiger partial charge in [-0.25, -0.2) is 0 Å². The minimum Gasteiger partial charge on any atom is -0.354 e. The van der Waals surface area contributed by atoms with Crippen LogP contribution in [0.4, 0.5) is 0 Å².